The monoisotopic (exact) mass is 809 g/mol. The molecule has 4 amide bonds. The second kappa shape index (κ2) is 17.7. The molecule has 0 aliphatic heterocycles. The molecule has 4 aromatic rings. The minimum absolute atomic E-state index is 0.0344. The van der Waals surface area contributed by atoms with Gasteiger partial charge in [-0.05, 0) is 66.1 Å². The lowest BCUT2D eigenvalue weighted by atomic mass is 9.78. The van der Waals surface area contributed by atoms with Crippen molar-refractivity contribution in [1.29, 1.82) is 0 Å². The second-order valence-corrected chi connectivity index (χ2v) is 14.8. The van der Waals surface area contributed by atoms with Crippen LogP contribution < -0.4 is 26.0 Å². The lowest BCUT2D eigenvalue weighted by molar-refractivity contribution is -0.138. The number of para-hydroxylation sites is 1. The van der Waals surface area contributed by atoms with Crippen molar-refractivity contribution < 1.29 is 51.4 Å². The molecule has 3 aromatic carbocycles. The highest BCUT2D eigenvalue weighted by molar-refractivity contribution is 6.02. The summed E-state index contributed by atoms with van der Waals surface area (Å²) >= 11 is 0. The molecule has 0 saturated heterocycles. The number of halogens is 4. The number of methoxy groups -OCH3 is 1. The number of hydrogen-bond acceptors (Lipinski definition) is 6. The molecule has 5 atom stereocenters. The predicted molar refractivity (Wildman–Crippen MR) is 208 cm³/mol. The standard InChI is InChI=1S/C42H47F4N5O7/c1-6-22(3)34(37(53)47-25-15-16-32(58-5)27(20-25)39(55)56)50-40(57)41(18-17-31-28(21-41)26-12-10-13-29(36(26)48-31)42(44,45)46)51-38(54)35(23(4)7-2)49-33(52)19-24-11-8-9-14-30(24)43/h8-16,20,22-23,34-35,48H,6-7,17-19,21H2,1-5H3,(H,47,53)(H,49,52)(H,50,57)(H,51,54)(H,55,56)/t22?,23?,34?,35?,41-/m0/s1. The summed E-state index contributed by atoms with van der Waals surface area (Å²) in [6.45, 7) is 7.02. The quantitative estimate of drug-likeness (QED) is 0.0761. The largest absolute Gasteiger partial charge is 0.496 e. The van der Waals surface area contributed by atoms with Crippen LogP contribution in [0.5, 0.6) is 5.75 Å². The van der Waals surface area contributed by atoms with Crippen LogP contribution in [0.1, 0.15) is 79.7 Å². The SMILES string of the molecule is CCC(C)C(NC(=O)Cc1ccccc1F)C(=O)N[C@@]1(C(=O)NC(C(=O)Nc2ccc(OC)c(C(=O)O)c2)C(C)CC)CCc2[nH]c3c(C(F)(F)F)cccc3c2C1. The molecular formula is C42H47F4N5O7. The summed E-state index contributed by atoms with van der Waals surface area (Å²) in [5.74, 6) is -5.71. The van der Waals surface area contributed by atoms with Gasteiger partial charge in [0.2, 0.25) is 23.6 Å². The summed E-state index contributed by atoms with van der Waals surface area (Å²) in [6.07, 6.45) is -4.58. The topological polar surface area (TPSA) is 179 Å². The van der Waals surface area contributed by atoms with Crippen LogP contribution in [0.15, 0.2) is 60.7 Å². The van der Waals surface area contributed by atoms with E-state index in [4.69, 9.17) is 4.74 Å². The van der Waals surface area contributed by atoms with E-state index < -0.39 is 76.6 Å². The average Bonchev–Trinajstić information content (AvgIpc) is 3.56. The first kappa shape index (κ1) is 43.2. The maximum absolute atomic E-state index is 14.8. The molecule has 4 unspecified atom stereocenters. The van der Waals surface area contributed by atoms with Gasteiger partial charge in [-0.1, -0.05) is 70.9 Å². The number of nitrogens with one attached hydrogen (secondary N) is 5. The Morgan fingerprint density at radius 1 is 0.914 bits per heavy atom. The second-order valence-electron chi connectivity index (χ2n) is 14.8. The number of H-pyrrole nitrogens is 1. The Hall–Kier alpha value is -5.93. The fourth-order valence-electron chi connectivity index (χ4n) is 7.27. The number of alkyl halides is 3. The van der Waals surface area contributed by atoms with Crippen molar-refractivity contribution in [3.8, 4) is 5.75 Å². The van der Waals surface area contributed by atoms with Gasteiger partial charge in [0.1, 0.15) is 34.8 Å². The molecule has 58 heavy (non-hydrogen) atoms. The molecule has 1 heterocycles. The van der Waals surface area contributed by atoms with Crippen molar-refractivity contribution in [1.82, 2.24) is 20.9 Å². The Kier molecular flexibility index (Phi) is 13.2. The van der Waals surface area contributed by atoms with Gasteiger partial charge in [0.05, 0.1) is 24.6 Å². The van der Waals surface area contributed by atoms with Crippen LogP contribution in [0, 0.1) is 17.7 Å². The molecule has 0 bridgehead atoms. The van der Waals surface area contributed by atoms with Gasteiger partial charge >= 0.3 is 12.1 Å². The Morgan fingerprint density at radius 2 is 1.59 bits per heavy atom. The Labute approximate surface area is 332 Å². The number of carboxylic acid groups (broad SMARTS) is 1. The van der Waals surface area contributed by atoms with Crippen LogP contribution in [0.4, 0.5) is 23.2 Å². The number of benzene rings is 3. The summed E-state index contributed by atoms with van der Waals surface area (Å²) in [6, 6.07) is 11.0. The number of carbonyl (C=O) groups excluding carboxylic acids is 4. The predicted octanol–water partition coefficient (Wildman–Crippen LogP) is 6.32. The van der Waals surface area contributed by atoms with Crippen LogP contribution in [0.3, 0.4) is 0 Å². The molecule has 5 rings (SSSR count). The van der Waals surface area contributed by atoms with Gasteiger partial charge in [0, 0.05) is 23.2 Å². The average molecular weight is 810 g/mol. The molecule has 0 radical (unpaired) electrons. The first-order valence-corrected chi connectivity index (χ1v) is 19.0. The molecule has 16 heteroatoms. The lowest BCUT2D eigenvalue weighted by Crippen LogP contribution is -2.67. The van der Waals surface area contributed by atoms with Crippen molar-refractivity contribution in [3.05, 3.63) is 94.4 Å². The third-order valence-corrected chi connectivity index (χ3v) is 11.0. The number of rotatable bonds is 15. The lowest BCUT2D eigenvalue weighted by Gasteiger charge is -2.39. The molecular weight excluding hydrogens is 762 g/mol. The number of aromatic carboxylic acids is 1. The first-order valence-electron chi connectivity index (χ1n) is 19.0. The van der Waals surface area contributed by atoms with Crippen molar-refractivity contribution in [2.24, 2.45) is 11.8 Å². The van der Waals surface area contributed by atoms with Crippen molar-refractivity contribution >= 4 is 46.2 Å². The number of aryl methyl sites for hydroxylation is 1. The summed E-state index contributed by atoms with van der Waals surface area (Å²) in [5.41, 5.74) is -2.08. The van der Waals surface area contributed by atoms with E-state index in [-0.39, 0.29) is 59.2 Å². The molecule has 0 spiro atoms. The number of anilines is 1. The fraction of sp³-hybridized carbons (Fsp3) is 0.405. The third kappa shape index (κ3) is 9.27. The molecule has 0 saturated carbocycles. The summed E-state index contributed by atoms with van der Waals surface area (Å²) in [4.78, 5) is 71.1. The number of hydrogen-bond donors (Lipinski definition) is 6. The van der Waals surface area contributed by atoms with Gasteiger partial charge in [0.15, 0.2) is 0 Å². The van der Waals surface area contributed by atoms with Crippen LogP contribution >= 0.6 is 0 Å². The molecule has 1 aromatic heterocycles. The van der Waals surface area contributed by atoms with E-state index in [1.807, 2.05) is 0 Å². The van der Waals surface area contributed by atoms with Gasteiger partial charge in [-0.25, -0.2) is 9.18 Å². The number of amides is 4. The number of aromatic amines is 1. The zero-order valence-electron chi connectivity index (χ0n) is 32.7. The highest BCUT2D eigenvalue weighted by Gasteiger charge is 2.47. The van der Waals surface area contributed by atoms with Crippen LogP contribution in [-0.2, 0) is 44.6 Å². The molecule has 1 aliphatic rings. The van der Waals surface area contributed by atoms with Crippen LogP contribution in [-0.4, -0.2) is 64.4 Å². The van der Waals surface area contributed by atoms with Crippen molar-refractivity contribution in [2.45, 2.75) is 90.0 Å². The zero-order chi connectivity index (χ0) is 42.5. The minimum Gasteiger partial charge on any atom is -0.496 e. The van der Waals surface area contributed by atoms with E-state index >= 15 is 0 Å². The molecule has 12 nitrogen and oxygen atoms in total. The van der Waals surface area contributed by atoms with Gasteiger partial charge in [0.25, 0.3) is 0 Å². The smallest absolute Gasteiger partial charge is 0.418 e. The van der Waals surface area contributed by atoms with Gasteiger partial charge in [-0.3, -0.25) is 19.2 Å². The van der Waals surface area contributed by atoms with Crippen LogP contribution in [0.25, 0.3) is 10.9 Å². The minimum atomic E-state index is -4.69. The van der Waals surface area contributed by atoms with E-state index in [9.17, 15) is 46.6 Å². The van der Waals surface area contributed by atoms with E-state index in [0.717, 1.165) is 6.07 Å². The molecule has 6 N–H and O–H groups in total. The number of ether oxygens (including phenoxy) is 1. The normalized spacial score (nSPS) is 17.3. The van der Waals surface area contributed by atoms with E-state index in [0.29, 0.717) is 24.1 Å². The fourth-order valence-corrected chi connectivity index (χ4v) is 7.27. The number of carbonyl (C=O) groups is 5. The van der Waals surface area contributed by atoms with Gasteiger partial charge in [-0.2, -0.15) is 13.2 Å². The van der Waals surface area contributed by atoms with Crippen molar-refractivity contribution in [3.63, 3.8) is 0 Å². The molecule has 1 aliphatic carbocycles. The highest BCUT2D eigenvalue weighted by Crippen LogP contribution is 2.40. The first-order chi connectivity index (χ1) is 27.4. The summed E-state index contributed by atoms with van der Waals surface area (Å²) < 4.78 is 61.9. The third-order valence-electron chi connectivity index (χ3n) is 11.0. The Bertz CT molecular complexity index is 2210. The molecule has 0 fully saturated rings. The van der Waals surface area contributed by atoms with E-state index in [2.05, 4.69) is 26.3 Å². The maximum atomic E-state index is 14.8. The maximum Gasteiger partial charge on any atom is 0.418 e. The number of fused-ring (bicyclic) bond motifs is 3. The van der Waals surface area contributed by atoms with Crippen LogP contribution in [0.2, 0.25) is 0 Å². The molecule has 310 valence electrons. The van der Waals surface area contributed by atoms with Crippen molar-refractivity contribution in [2.75, 3.05) is 12.4 Å². The van der Waals surface area contributed by atoms with E-state index in [1.165, 1.54) is 55.6 Å². The number of aromatic nitrogens is 1. The number of carboxylic acids is 1. The summed E-state index contributed by atoms with van der Waals surface area (Å²) in [7, 11) is 1.30. The summed E-state index contributed by atoms with van der Waals surface area (Å²) in [5, 5.41) is 20.9. The Balaban J connectivity index is 1.52. The zero-order valence-corrected chi connectivity index (χ0v) is 32.7. The Morgan fingerprint density at radius 3 is 2.21 bits per heavy atom. The van der Waals surface area contributed by atoms with Gasteiger partial charge < -0.3 is 36.1 Å². The highest BCUT2D eigenvalue weighted by atomic mass is 19.4. The van der Waals surface area contributed by atoms with E-state index in [1.54, 1.807) is 33.8 Å². The van der Waals surface area contributed by atoms with Gasteiger partial charge in [-0.15, -0.1) is 0 Å².